The standard InChI is InChI=1S/C16H23N3O/c1-15-5-2-3-6-16(15)19-10-8-18(9-11-19)12-14-20-13-4-7-17/h2-3,5-6H,4,8-14H2,1H3. The Morgan fingerprint density at radius 1 is 1.15 bits per heavy atom. The Morgan fingerprint density at radius 3 is 2.60 bits per heavy atom. The van der Waals surface area contributed by atoms with Gasteiger partial charge in [0.15, 0.2) is 0 Å². The molecule has 0 aromatic heterocycles. The molecule has 1 saturated heterocycles. The van der Waals surface area contributed by atoms with Gasteiger partial charge in [-0.15, -0.1) is 0 Å². The fraction of sp³-hybridized carbons (Fsp3) is 0.562. The van der Waals surface area contributed by atoms with Crippen molar-refractivity contribution in [2.24, 2.45) is 0 Å². The molecule has 4 nitrogen and oxygen atoms in total. The number of para-hydroxylation sites is 1. The summed E-state index contributed by atoms with van der Waals surface area (Å²) in [4.78, 5) is 4.89. The molecule has 1 aliphatic rings. The summed E-state index contributed by atoms with van der Waals surface area (Å²) in [5.41, 5.74) is 2.71. The van der Waals surface area contributed by atoms with Gasteiger partial charge in [0.05, 0.1) is 25.7 Å². The van der Waals surface area contributed by atoms with Gasteiger partial charge in [0, 0.05) is 38.4 Å². The van der Waals surface area contributed by atoms with Gasteiger partial charge in [0.25, 0.3) is 0 Å². The number of piperazine rings is 1. The lowest BCUT2D eigenvalue weighted by Gasteiger charge is -2.36. The number of nitrogens with zero attached hydrogens (tertiary/aromatic N) is 3. The molecule has 0 bridgehead atoms. The lowest BCUT2D eigenvalue weighted by molar-refractivity contribution is 0.105. The second kappa shape index (κ2) is 7.88. The van der Waals surface area contributed by atoms with Gasteiger partial charge < -0.3 is 9.64 Å². The van der Waals surface area contributed by atoms with Crippen LogP contribution in [-0.2, 0) is 4.74 Å². The maximum absolute atomic E-state index is 8.43. The Kier molecular flexibility index (Phi) is 5.85. The van der Waals surface area contributed by atoms with E-state index in [1.165, 1.54) is 11.3 Å². The molecule has 0 saturated carbocycles. The fourth-order valence-electron chi connectivity index (χ4n) is 2.54. The van der Waals surface area contributed by atoms with Gasteiger partial charge in [-0.05, 0) is 18.6 Å². The maximum atomic E-state index is 8.43. The number of ether oxygens (including phenoxy) is 1. The molecule has 1 aliphatic heterocycles. The normalized spacial score (nSPS) is 16.1. The third-order valence-corrected chi connectivity index (χ3v) is 3.74. The van der Waals surface area contributed by atoms with E-state index in [2.05, 4.69) is 47.1 Å². The predicted molar refractivity (Wildman–Crippen MR) is 80.9 cm³/mol. The van der Waals surface area contributed by atoms with Crippen LogP contribution in [0.1, 0.15) is 12.0 Å². The minimum Gasteiger partial charge on any atom is -0.379 e. The number of hydrogen-bond donors (Lipinski definition) is 0. The van der Waals surface area contributed by atoms with Crippen molar-refractivity contribution < 1.29 is 4.74 Å². The van der Waals surface area contributed by atoms with Crippen molar-refractivity contribution in [2.75, 3.05) is 50.8 Å². The molecule has 4 heteroatoms. The summed E-state index contributed by atoms with van der Waals surface area (Å²) in [6, 6.07) is 10.7. The first-order valence-electron chi connectivity index (χ1n) is 7.29. The molecule has 0 aliphatic carbocycles. The van der Waals surface area contributed by atoms with Crippen LogP contribution in [0, 0.1) is 18.3 Å². The smallest absolute Gasteiger partial charge is 0.0645 e. The van der Waals surface area contributed by atoms with Gasteiger partial charge in [0.2, 0.25) is 0 Å². The van der Waals surface area contributed by atoms with Crippen LogP contribution in [0.2, 0.25) is 0 Å². The SMILES string of the molecule is Cc1ccccc1N1CCN(CCOCCC#N)CC1. The van der Waals surface area contributed by atoms with Crippen molar-refractivity contribution >= 4 is 5.69 Å². The average Bonchev–Trinajstić information content (AvgIpc) is 2.48. The van der Waals surface area contributed by atoms with Gasteiger partial charge >= 0.3 is 0 Å². The molecule has 0 atom stereocenters. The van der Waals surface area contributed by atoms with Crippen molar-refractivity contribution in [3.63, 3.8) is 0 Å². The molecule has 20 heavy (non-hydrogen) atoms. The molecular weight excluding hydrogens is 250 g/mol. The lowest BCUT2D eigenvalue weighted by atomic mass is 10.1. The van der Waals surface area contributed by atoms with Crippen molar-refractivity contribution in [3.8, 4) is 6.07 Å². The van der Waals surface area contributed by atoms with E-state index in [0.29, 0.717) is 13.0 Å². The van der Waals surface area contributed by atoms with Crippen LogP contribution in [-0.4, -0.2) is 50.8 Å². The maximum Gasteiger partial charge on any atom is 0.0645 e. The molecule has 0 amide bonds. The van der Waals surface area contributed by atoms with Gasteiger partial charge in [-0.3, -0.25) is 4.90 Å². The van der Waals surface area contributed by atoms with E-state index in [1.54, 1.807) is 0 Å². The van der Waals surface area contributed by atoms with Crippen LogP contribution in [0.5, 0.6) is 0 Å². The molecule has 1 aromatic carbocycles. The summed E-state index contributed by atoms with van der Waals surface area (Å²) >= 11 is 0. The van der Waals surface area contributed by atoms with Crippen molar-refractivity contribution in [1.82, 2.24) is 4.90 Å². The highest BCUT2D eigenvalue weighted by molar-refractivity contribution is 5.53. The largest absolute Gasteiger partial charge is 0.379 e. The van der Waals surface area contributed by atoms with Crippen LogP contribution in [0.4, 0.5) is 5.69 Å². The average molecular weight is 273 g/mol. The number of anilines is 1. The monoisotopic (exact) mass is 273 g/mol. The summed E-state index contributed by atoms with van der Waals surface area (Å²) < 4.78 is 5.43. The Morgan fingerprint density at radius 2 is 1.90 bits per heavy atom. The predicted octanol–water partition coefficient (Wildman–Crippen LogP) is 2.05. The summed E-state index contributed by atoms with van der Waals surface area (Å²) in [6.45, 7) is 8.72. The van der Waals surface area contributed by atoms with Gasteiger partial charge in [0.1, 0.15) is 0 Å². The molecule has 2 rings (SSSR count). The molecule has 0 N–H and O–H groups in total. The third kappa shape index (κ3) is 4.22. The lowest BCUT2D eigenvalue weighted by Crippen LogP contribution is -2.47. The van der Waals surface area contributed by atoms with E-state index < -0.39 is 0 Å². The van der Waals surface area contributed by atoms with Crippen LogP contribution in [0.25, 0.3) is 0 Å². The van der Waals surface area contributed by atoms with E-state index in [-0.39, 0.29) is 0 Å². The van der Waals surface area contributed by atoms with E-state index in [4.69, 9.17) is 10.00 Å². The van der Waals surface area contributed by atoms with Gasteiger partial charge in [-0.2, -0.15) is 5.26 Å². The molecule has 0 spiro atoms. The number of aryl methyl sites for hydroxylation is 1. The first-order chi connectivity index (χ1) is 9.81. The zero-order valence-corrected chi connectivity index (χ0v) is 12.2. The highest BCUT2D eigenvalue weighted by Crippen LogP contribution is 2.20. The second-order valence-corrected chi connectivity index (χ2v) is 5.14. The van der Waals surface area contributed by atoms with E-state index >= 15 is 0 Å². The van der Waals surface area contributed by atoms with E-state index in [0.717, 1.165) is 39.3 Å². The first-order valence-corrected chi connectivity index (χ1v) is 7.29. The molecule has 1 aromatic rings. The van der Waals surface area contributed by atoms with Gasteiger partial charge in [-0.1, -0.05) is 18.2 Å². The molecule has 0 unspecified atom stereocenters. The summed E-state index contributed by atoms with van der Waals surface area (Å²) in [7, 11) is 0. The van der Waals surface area contributed by atoms with E-state index in [9.17, 15) is 0 Å². The van der Waals surface area contributed by atoms with Crippen LogP contribution >= 0.6 is 0 Å². The zero-order chi connectivity index (χ0) is 14.2. The molecular formula is C16H23N3O. The highest BCUT2D eigenvalue weighted by Gasteiger charge is 2.17. The number of benzene rings is 1. The molecule has 1 fully saturated rings. The summed E-state index contributed by atoms with van der Waals surface area (Å²) in [6.07, 6.45) is 0.487. The van der Waals surface area contributed by atoms with Gasteiger partial charge in [-0.25, -0.2) is 0 Å². The summed E-state index contributed by atoms with van der Waals surface area (Å²) in [5.74, 6) is 0. The minimum atomic E-state index is 0.487. The quantitative estimate of drug-likeness (QED) is 0.744. The second-order valence-electron chi connectivity index (χ2n) is 5.14. The Hall–Kier alpha value is -1.57. The minimum absolute atomic E-state index is 0.487. The fourth-order valence-corrected chi connectivity index (χ4v) is 2.54. The first kappa shape index (κ1) is 14.8. The topological polar surface area (TPSA) is 39.5 Å². The van der Waals surface area contributed by atoms with Crippen LogP contribution in [0.15, 0.2) is 24.3 Å². The summed E-state index contributed by atoms with van der Waals surface area (Å²) in [5, 5.41) is 8.43. The molecule has 1 heterocycles. The van der Waals surface area contributed by atoms with Crippen LogP contribution in [0.3, 0.4) is 0 Å². The zero-order valence-electron chi connectivity index (χ0n) is 12.2. The molecule has 0 radical (unpaired) electrons. The van der Waals surface area contributed by atoms with Crippen molar-refractivity contribution in [1.29, 1.82) is 5.26 Å². The van der Waals surface area contributed by atoms with Crippen molar-refractivity contribution in [2.45, 2.75) is 13.3 Å². The molecule has 108 valence electrons. The number of hydrogen-bond acceptors (Lipinski definition) is 4. The Bertz CT molecular complexity index is 447. The van der Waals surface area contributed by atoms with E-state index in [1.807, 2.05) is 0 Å². The highest BCUT2D eigenvalue weighted by atomic mass is 16.5. The van der Waals surface area contributed by atoms with Crippen LogP contribution < -0.4 is 4.90 Å². The van der Waals surface area contributed by atoms with Crippen molar-refractivity contribution in [3.05, 3.63) is 29.8 Å². The number of nitriles is 1. The number of rotatable bonds is 6. The Labute approximate surface area is 121 Å². The Balaban J connectivity index is 1.70. The third-order valence-electron chi connectivity index (χ3n) is 3.74.